The van der Waals surface area contributed by atoms with Crippen molar-refractivity contribution in [2.24, 2.45) is 0 Å². The van der Waals surface area contributed by atoms with Crippen molar-refractivity contribution < 1.29 is 24.5 Å². The van der Waals surface area contributed by atoms with Crippen LogP contribution in [0.2, 0.25) is 0 Å². The van der Waals surface area contributed by atoms with Gasteiger partial charge >= 0.3 is 5.97 Å². The molecule has 0 bridgehead atoms. The van der Waals surface area contributed by atoms with Crippen LogP contribution in [-0.2, 0) is 14.3 Å². The highest BCUT2D eigenvalue weighted by Gasteiger charge is 2.18. The smallest absolute Gasteiger partial charge is 0.305 e. The zero-order valence-electron chi connectivity index (χ0n) is 42.1. The van der Waals surface area contributed by atoms with Gasteiger partial charge in [-0.2, -0.15) is 0 Å². The molecule has 0 saturated heterocycles. The Bertz CT molecular complexity index is 1020. The largest absolute Gasteiger partial charge is 0.466 e. The summed E-state index contributed by atoms with van der Waals surface area (Å²) in [5.74, 6) is -0.0878. The monoisotopic (exact) mass is 886 g/mol. The molecule has 0 radical (unpaired) electrons. The molecule has 370 valence electrons. The Morgan fingerprint density at radius 2 is 0.825 bits per heavy atom. The van der Waals surface area contributed by atoms with Crippen LogP contribution >= 0.6 is 0 Å². The highest BCUT2D eigenvalue weighted by Crippen LogP contribution is 2.16. The van der Waals surface area contributed by atoms with E-state index in [1.54, 1.807) is 6.08 Å². The Morgan fingerprint density at radius 3 is 1.27 bits per heavy atom. The Hall–Kier alpha value is -1.92. The molecule has 0 spiro atoms. The van der Waals surface area contributed by atoms with Gasteiger partial charge in [-0.05, 0) is 57.8 Å². The normalized spacial score (nSPS) is 12.9. The zero-order valence-corrected chi connectivity index (χ0v) is 42.1. The second kappa shape index (κ2) is 52.7. The summed E-state index contributed by atoms with van der Waals surface area (Å²) in [5, 5.41) is 23.1. The molecule has 0 aromatic carbocycles. The van der Waals surface area contributed by atoms with Gasteiger partial charge in [-0.25, -0.2) is 0 Å². The van der Waals surface area contributed by atoms with Gasteiger partial charge in [0.1, 0.15) is 0 Å². The molecule has 3 N–H and O–H groups in total. The fraction of sp³-hybridized carbons (Fsp3) is 0.860. The first-order valence-corrected chi connectivity index (χ1v) is 27.8. The molecule has 0 saturated carbocycles. The van der Waals surface area contributed by atoms with Crippen molar-refractivity contribution in [2.75, 3.05) is 13.2 Å². The number of nitrogens with one attached hydrogen (secondary N) is 1. The number of amides is 1. The van der Waals surface area contributed by atoms with Gasteiger partial charge in [0.05, 0.1) is 25.4 Å². The molecular weight excluding hydrogens is 779 g/mol. The minimum Gasteiger partial charge on any atom is -0.466 e. The van der Waals surface area contributed by atoms with Crippen LogP contribution in [0.4, 0.5) is 0 Å². The molecule has 6 heteroatoms. The Labute approximate surface area is 392 Å². The quantitative estimate of drug-likeness (QED) is 0.0321. The Balaban J connectivity index is 3.47. The van der Waals surface area contributed by atoms with Crippen LogP contribution in [0.1, 0.15) is 290 Å². The maximum Gasteiger partial charge on any atom is 0.305 e. The second-order valence-corrected chi connectivity index (χ2v) is 18.9. The number of carbonyl (C=O) groups excluding carboxylic acids is 2. The summed E-state index contributed by atoms with van der Waals surface area (Å²) in [6.45, 7) is 4.82. The molecule has 0 heterocycles. The molecule has 0 rings (SSSR count). The summed E-state index contributed by atoms with van der Waals surface area (Å²) >= 11 is 0. The highest BCUT2D eigenvalue weighted by molar-refractivity contribution is 5.76. The minimum atomic E-state index is -0.850. The lowest BCUT2D eigenvalue weighted by Crippen LogP contribution is -2.45. The van der Waals surface area contributed by atoms with E-state index >= 15 is 0 Å². The van der Waals surface area contributed by atoms with Gasteiger partial charge in [-0.15, -0.1) is 0 Å². The number of esters is 1. The average Bonchev–Trinajstić information content (AvgIpc) is 3.28. The van der Waals surface area contributed by atoms with E-state index in [-0.39, 0.29) is 18.5 Å². The van der Waals surface area contributed by atoms with Crippen molar-refractivity contribution in [3.8, 4) is 0 Å². The van der Waals surface area contributed by atoms with Crippen LogP contribution in [0, 0.1) is 0 Å². The summed E-state index contributed by atoms with van der Waals surface area (Å²) in [6.07, 6.45) is 64.4. The summed E-state index contributed by atoms with van der Waals surface area (Å²) in [4.78, 5) is 24.5. The van der Waals surface area contributed by atoms with Crippen LogP contribution < -0.4 is 5.32 Å². The van der Waals surface area contributed by atoms with Crippen LogP contribution in [0.3, 0.4) is 0 Å². The molecule has 0 aromatic rings. The van der Waals surface area contributed by atoms with Crippen molar-refractivity contribution in [3.63, 3.8) is 0 Å². The number of allylic oxidation sites excluding steroid dienone is 5. The Morgan fingerprint density at radius 1 is 0.444 bits per heavy atom. The van der Waals surface area contributed by atoms with Gasteiger partial charge in [0.2, 0.25) is 5.91 Å². The van der Waals surface area contributed by atoms with Gasteiger partial charge < -0.3 is 20.3 Å². The molecule has 6 nitrogen and oxygen atoms in total. The van der Waals surface area contributed by atoms with Gasteiger partial charge in [-0.3, -0.25) is 9.59 Å². The van der Waals surface area contributed by atoms with Crippen LogP contribution in [-0.4, -0.2) is 47.4 Å². The number of aliphatic hydroxyl groups excluding tert-OH is 2. The van der Waals surface area contributed by atoms with Crippen LogP contribution in [0.5, 0.6) is 0 Å². The number of aliphatic hydroxyl groups is 2. The molecule has 0 fully saturated rings. The van der Waals surface area contributed by atoms with Crippen molar-refractivity contribution in [1.82, 2.24) is 5.32 Å². The maximum atomic E-state index is 12.5. The van der Waals surface area contributed by atoms with E-state index in [4.69, 9.17) is 4.74 Å². The maximum absolute atomic E-state index is 12.5. The first-order valence-electron chi connectivity index (χ1n) is 27.8. The Kier molecular flexibility index (Phi) is 51.1. The molecule has 63 heavy (non-hydrogen) atoms. The van der Waals surface area contributed by atoms with E-state index in [9.17, 15) is 19.8 Å². The van der Waals surface area contributed by atoms with Crippen molar-refractivity contribution >= 4 is 11.9 Å². The molecule has 1 amide bonds. The van der Waals surface area contributed by atoms with E-state index < -0.39 is 12.1 Å². The standard InChI is InChI=1S/C57H107NO5/c1-3-5-7-9-11-13-15-17-18-19-22-26-29-33-37-41-45-49-55(60)54(53-59)58-56(61)50-46-42-38-34-30-27-23-20-21-24-28-32-36-40-44-48-52-63-57(62)51-47-43-39-35-31-25-16-14-12-10-8-6-4-2/h8,10,14,16,45,49,54-55,59-60H,3-7,9,11-13,15,17-44,46-48,50-53H2,1-2H3,(H,58,61)/b10-8-,16-14-,49-45+. The topological polar surface area (TPSA) is 95.9 Å². The molecular formula is C57H107NO5. The number of hydrogen-bond acceptors (Lipinski definition) is 5. The lowest BCUT2D eigenvalue weighted by molar-refractivity contribution is -0.143. The number of carbonyl (C=O) groups is 2. The molecule has 0 aliphatic rings. The third kappa shape index (κ3) is 49.4. The number of rotatable bonds is 51. The second-order valence-electron chi connectivity index (χ2n) is 18.9. The molecule has 2 unspecified atom stereocenters. The van der Waals surface area contributed by atoms with Crippen molar-refractivity contribution in [1.29, 1.82) is 0 Å². The van der Waals surface area contributed by atoms with Crippen molar-refractivity contribution in [2.45, 2.75) is 302 Å². The predicted octanol–water partition coefficient (Wildman–Crippen LogP) is 16.9. The van der Waals surface area contributed by atoms with E-state index in [0.717, 1.165) is 57.8 Å². The van der Waals surface area contributed by atoms with Crippen LogP contribution in [0.15, 0.2) is 36.5 Å². The molecule has 0 aliphatic heterocycles. The summed E-state index contributed by atoms with van der Waals surface area (Å²) < 4.78 is 5.45. The molecule has 2 atom stereocenters. The van der Waals surface area contributed by atoms with E-state index in [1.165, 1.54) is 205 Å². The average molecular weight is 886 g/mol. The SMILES string of the molecule is CCC/C=C\C/C=C\CCCCCCCC(=O)OCCCCCCCCCCCCCCCCCCC(=O)NC(CO)C(O)/C=C/CCCCCCCCCCCCCCCCC. The third-order valence-electron chi connectivity index (χ3n) is 12.6. The third-order valence-corrected chi connectivity index (χ3v) is 12.6. The number of hydrogen-bond donors (Lipinski definition) is 3. The summed E-state index contributed by atoms with van der Waals surface area (Å²) in [5.41, 5.74) is 0. The minimum absolute atomic E-state index is 0.0134. The van der Waals surface area contributed by atoms with Crippen molar-refractivity contribution in [3.05, 3.63) is 36.5 Å². The molecule has 0 aromatic heterocycles. The number of ether oxygens (including phenoxy) is 1. The fourth-order valence-electron chi connectivity index (χ4n) is 8.38. The van der Waals surface area contributed by atoms with Crippen LogP contribution in [0.25, 0.3) is 0 Å². The van der Waals surface area contributed by atoms with Gasteiger partial charge in [0, 0.05) is 12.8 Å². The fourth-order valence-corrected chi connectivity index (χ4v) is 8.38. The number of unbranched alkanes of at least 4 members (excludes halogenated alkanes) is 36. The lowest BCUT2D eigenvalue weighted by atomic mass is 10.0. The van der Waals surface area contributed by atoms with Gasteiger partial charge in [-0.1, -0.05) is 256 Å². The first-order chi connectivity index (χ1) is 31.0. The predicted molar refractivity (Wildman–Crippen MR) is 273 cm³/mol. The van der Waals surface area contributed by atoms with E-state index in [1.807, 2.05) is 6.08 Å². The lowest BCUT2D eigenvalue weighted by Gasteiger charge is -2.20. The summed E-state index contributed by atoms with van der Waals surface area (Å²) in [6, 6.07) is -0.634. The summed E-state index contributed by atoms with van der Waals surface area (Å²) in [7, 11) is 0. The van der Waals surface area contributed by atoms with E-state index in [0.29, 0.717) is 19.4 Å². The van der Waals surface area contributed by atoms with Gasteiger partial charge in [0.25, 0.3) is 0 Å². The van der Waals surface area contributed by atoms with E-state index in [2.05, 4.69) is 43.5 Å². The zero-order chi connectivity index (χ0) is 45.8. The molecule has 0 aliphatic carbocycles. The van der Waals surface area contributed by atoms with Gasteiger partial charge in [0.15, 0.2) is 0 Å². The first kappa shape index (κ1) is 61.1. The highest BCUT2D eigenvalue weighted by atomic mass is 16.5.